The minimum Gasteiger partial charge on any atom is -0.420 e. The second-order valence-corrected chi connectivity index (χ2v) is 9.23. The van der Waals surface area contributed by atoms with E-state index in [4.69, 9.17) is 16.0 Å². The second-order valence-electron chi connectivity index (χ2n) is 7.85. The fourth-order valence-corrected chi connectivity index (χ4v) is 4.56. The van der Waals surface area contributed by atoms with Crippen molar-refractivity contribution in [3.63, 3.8) is 0 Å². The minimum absolute atomic E-state index is 0.504. The lowest BCUT2D eigenvalue weighted by molar-refractivity contribution is 0.429. The van der Waals surface area contributed by atoms with Gasteiger partial charge in [0.05, 0.1) is 5.75 Å². The smallest absolute Gasteiger partial charge is 0.247 e. The van der Waals surface area contributed by atoms with Gasteiger partial charge < -0.3 is 9.32 Å². The molecule has 0 radical (unpaired) electrons. The number of hydrogen-bond acceptors (Lipinski definition) is 7. The molecule has 2 aliphatic rings. The van der Waals surface area contributed by atoms with Gasteiger partial charge in [0.2, 0.25) is 17.7 Å². The normalized spacial score (nSPS) is 17.8. The highest BCUT2D eigenvalue weighted by Gasteiger charge is 2.32. The van der Waals surface area contributed by atoms with Crippen LogP contribution < -0.4 is 4.90 Å². The number of halogens is 1. The summed E-state index contributed by atoms with van der Waals surface area (Å²) in [5.74, 6) is 3.48. The van der Waals surface area contributed by atoms with Crippen LogP contribution in [0.3, 0.4) is 0 Å². The number of aromatic nitrogens is 5. The molecule has 7 nitrogen and oxygen atoms in total. The van der Waals surface area contributed by atoms with Crippen LogP contribution in [0.5, 0.6) is 0 Å². The van der Waals surface area contributed by atoms with E-state index in [0.29, 0.717) is 28.6 Å². The van der Waals surface area contributed by atoms with Crippen LogP contribution >= 0.6 is 23.4 Å². The second kappa shape index (κ2) is 7.99. The third-order valence-electron chi connectivity index (χ3n) is 5.51. The Morgan fingerprint density at radius 1 is 1.03 bits per heavy atom. The molecule has 1 aliphatic carbocycles. The maximum absolute atomic E-state index is 5.94. The summed E-state index contributed by atoms with van der Waals surface area (Å²) in [6, 6.07) is 7.91. The fraction of sp³-hybridized carbons (Fsp3) is 0.500. The van der Waals surface area contributed by atoms with E-state index in [9.17, 15) is 0 Å². The number of hydrogen-bond donors (Lipinski definition) is 0. The van der Waals surface area contributed by atoms with Crippen molar-refractivity contribution >= 4 is 29.3 Å². The van der Waals surface area contributed by atoms with Gasteiger partial charge in [-0.1, -0.05) is 30.3 Å². The predicted molar refractivity (Wildman–Crippen MR) is 113 cm³/mol. The average molecular weight is 431 g/mol. The zero-order valence-electron chi connectivity index (χ0n) is 16.3. The first-order chi connectivity index (χ1) is 14.2. The monoisotopic (exact) mass is 430 g/mol. The van der Waals surface area contributed by atoms with Crippen molar-refractivity contribution < 1.29 is 4.42 Å². The van der Waals surface area contributed by atoms with Crippen molar-refractivity contribution in [3.05, 3.63) is 35.2 Å². The van der Waals surface area contributed by atoms with E-state index >= 15 is 0 Å². The van der Waals surface area contributed by atoms with Crippen LogP contribution in [0.4, 0.5) is 5.95 Å². The van der Waals surface area contributed by atoms with Gasteiger partial charge in [-0.2, -0.15) is 0 Å². The highest BCUT2D eigenvalue weighted by molar-refractivity contribution is 7.98. The van der Waals surface area contributed by atoms with Crippen LogP contribution in [0, 0.1) is 5.92 Å². The molecule has 3 heterocycles. The third-order valence-corrected chi connectivity index (χ3v) is 6.69. The lowest BCUT2D eigenvalue weighted by Crippen LogP contribution is -2.34. The van der Waals surface area contributed by atoms with Crippen molar-refractivity contribution in [2.75, 3.05) is 18.0 Å². The van der Waals surface area contributed by atoms with Crippen molar-refractivity contribution in [1.82, 2.24) is 25.0 Å². The summed E-state index contributed by atoms with van der Waals surface area (Å²) in [6.45, 7) is 4.45. The number of piperidine rings is 1. The molecule has 1 aliphatic heterocycles. The summed E-state index contributed by atoms with van der Waals surface area (Å²) in [5, 5.41) is 19.0. The lowest BCUT2D eigenvalue weighted by Gasteiger charge is -2.31. The van der Waals surface area contributed by atoms with Crippen LogP contribution in [-0.2, 0) is 5.75 Å². The van der Waals surface area contributed by atoms with E-state index in [1.165, 1.54) is 25.7 Å². The van der Waals surface area contributed by atoms with Crippen molar-refractivity contribution in [1.29, 1.82) is 0 Å². The molecule has 0 unspecified atom stereocenters. The molecular formula is C20H23ClN6OS. The van der Waals surface area contributed by atoms with E-state index in [-0.39, 0.29) is 0 Å². The highest BCUT2D eigenvalue weighted by atomic mass is 35.5. The Hall–Kier alpha value is -2.06. The maximum Gasteiger partial charge on any atom is 0.247 e. The number of anilines is 1. The van der Waals surface area contributed by atoms with Gasteiger partial charge >= 0.3 is 0 Å². The Labute approximate surface area is 178 Å². The van der Waals surface area contributed by atoms with E-state index in [0.717, 1.165) is 35.7 Å². The van der Waals surface area contributed by atoms with Crippen molar-refractivity contribution in [3.8, 4) is 11.5 Å². The third kappa shape index (κ3) is 4.14. The number of benzene rings is 1. The number of thioether (sulfide) groups is 1. The molecule has 152 valence electrons. The van der Waals surface area contributed by atoms with E-state index < -0.39 is 0 Å². The van der Waals surface area contributed by atoms with Gasteiger partial charge in [0, 0.05) is 29.7 Å². The Morgan fingerprint density at radius 2 is 1.79 bits per heavy atom. The molecule has 0 atom stereocenters. The Kier molecular flexibility index (Phi) is 5.22. The zero-order chi connectivity index (χ0) is 19.8. The van der Waals surface area contributed by atoms with E-state index in [1.54, 1.807) is 11.8 Å². The fourth-order valence-electron chi connectivity index (χ4n) is 3.59. The number of rotatable bonds is 6. The van der Waals surface area contributed by atoms with E-state index in [2.05, 4.69) is 36.8 Å². The highest BCUT2D eigenvalue weighted by Crippen LogP contribution is 2.42. The van der Waals surface area contributed by atoms with Crippen LogP contribution in [0.15, 0.2) is 33.8 Å². The van der Waals surface area contributed by atoms with Crippen molar-refractivity contribution in [2.45, 2.75) is 49.6 Å². The molecule has 29 heavy (non-hydrogen) atoms. The molecule has 5 rings (SSSR count). The molecule has 9 heteroatoms. The summed E-state index contributed by atoms with van der Waals surface area (Å²) >= 11 is 7.55. The average Bonchev–Trinajstić information content (AvgIpc) is 3.30. The maximum atomic E-state index is 5.94. The van der Waals surface area contributed by atoms with Crippen LogP contribution in [0.1, 0.15) is 44.5 Å². The molecule has 1 saturated heterocycles. The standard InChI is InChI=1S/C20H23ClN6OS/c1-13-8-10-26(11-9-13)19-24-25-20(27(19)16-6-7-16)29-12-17-22-23-18(28-17)14-2-4-15(21)5-3-14/h2-5,13,16H,6-12H2,1H3. The van der Waals surface area contributed by atoms with Crippen molar-refractivity contribution in [2.24, 2.45) is 5.92 Å². The van der Waals surface area contributed by atoms with Crippen LogP contribution in [0.2, 0.25) is 5.02 Å². The van der Waals surface area contributed by atoms with Crippen LogP contribution in [0.25, 0.3) is 11.5 Å². The largest absolute Gasteiger partial charge is 0.420 e. The van der Waals surface area contributed by atoms with Gasteiger partial charge in [0.25, 0.3) is 0 Å². The molecule has 0 bridgehead atoms. The van der Waals surface area contributed by atoms with E-state index in [1.807, 2.05) is 24.3 Å². The summed E-state index contributed by atoms with van der Waals surface area (Å²) in [4.78, 5) is 2.39. The Morgan fingerprint density at radius 3 is 2.52 bits per heavy atom. The summed E-state index contributed by atoms with van der Waals surface area (Å²) in [5.41, 5.74) is 0.862. The molecule has 1 saturated carbocycles. The Balaban J connectivity index is 1.29. The molecule has 2 aromatic heterocycles. The molecule has 0 amide bonds. The first-order valence-corrected chi connectivity index (χ1v) is 11.4. The summed E-state index contributed by atoms with van der Waals surface area (Å²) in [6.07, 6.45) is 4.83. The van der Waals surface area contributed by atoms with Gasteiger partial charge in [-0.25, -0.2) is 0 Å². The molecular weight excluding hydrogens is 408 g/mol. The zero-order valence-corrected chi connectivity index (χ0v) is 17.9. The first kappa shape index (κ1) is 18.9. The molecule has 0 N–H and O–H groups in total. The molecule has 3 aromatic rings. The van der Waals surface area contributed by atoms with Crippen LogP contribution in [-0.4, -0.2) is 38.1 Å². The summed E-state index contributed by atoms with van der Waals surface area (Å²) in [7, 11) is 0. The predicted octanol–water partition coefficient (Wildman–Crippen LogP) is 4.85. The van der Waals surface area contributed by atoms with Gasteiger partial charge in [0.1, 0.15) is 0 Å². The van der Waals surface area contributed by atoms with Gasteiger partial charge in [-0.05, 0) is 55.9 Å². The SMILES string of the molecule is CC1CCN(c2nnc(SCc3nnc(-c4ccc(Cl)cc4)o3)n2C2CC2)CC1. The molecule has 1 aromatic carbocycles. The van der Waals surface area contributed by atoms with Gasteiger partial charge in [-0.3, -0.25) is 4.57 Å². The lowest BCUT2D eigenvalue weighted by atomic mass is 10.00. The minimum atomic E-state index is 0.504. The van der Waals surface area contributed by atoms with Gasteiger partial charge in [0.15, 0.2) is 5.16 Å². The topological polar surface area (TPSA) is 72.9 Å². The molecule has 2 fully saturated rings. The molecule has 0 spiro atoms. The summed E-state index contributed by atoms with van der Waals surface area (Å²) < 4.78 is 8.14. The first-order valence-electron chi connectivity index (χ1n) is 10.1. The Bertz CT molecular complexity index is 975. The number of nitrogens with zero attached hydrogens (tertiary/aromatic N) is 6. The quantitative estimate of drug-likeness (QED) is 0.517. The van der Waals surface area contributed by atoms with Gasteiger partial charge in [-0.15, -0.1) is 20.4 Å².